The Balaban J connectivity index is 1.54. The standard InChI is InChI=1S/C27H24F5N3O4S/c28-21-22(29)24(31)26(25(32)23(21)30)40-34-12-20(37)35(17-8-9-18(27(38)39)19(36)10-17)13-16-7-6-15(11-33-16)14-4-2-1-3-5-14/h6-11,14,34,36H,1-5,12-13H2,(H,38,39). The molecule has 1 fully saturated rings. The first-order valence-electron chi connectivity index (χ1n) is 12.3. The highest BCUT2D eigenvalue weighted by atomic mass is 32.2. The van der Waals surface area contributed by atoms with Gasteiger partial charge in [0.05, 0.1) is 18.8 Å². The van der Waals surface area contributed by atoms with Crippen molar-refractivity contribution in [3.05, 3.63) is 82.4 Å². The normalized spacial score (nSPS) is 13.8. The molecule has 7 nitrogen and oxygen atoms in total. The maximum absolute atomic E-state index is 14.0. The highest BCUT2D eigenvalue weighted by Crippen LogP contribution is 2.33. The van der Waals surface area contributed by atoms with Crippen molar-refractivity contribution >= 4 is 29.5 Å². The Kier molecular flexibility index (Phi) is 9.25. The van der Waals surface area contributed by atoms with Gasteiger partial charge in [0.2, 0.25) is 11.7 Å². The summed E-state index contributed by atoms with van der Waals surface area (Å²) in [7, 11) is 0. The van der Waals surface area contributed by atoms with Gasteiger partial charge >= 0.3 is 5.97 Å². The fraction of sp³-hybridized carbons (Fsp3) is 0.296. The SMILES string of the molecule is O=C(O)c1ccc(N(Cc2ccc(C3CCCCC3)cn2)C(=O)CNSc2c(F)c(F)c(F)c(F)c2F)cc1O. The molecule has 0 atom stereocenters. The zero-order valence-corrected chi connectivity index (χ0v) is 21.7. The van der Waals surface area contributed by atoms with Crippen LogP contribution in [-0.4, -0.2) is 33.6 Å². The lowest BCUT2D eigenvalue weighted by Crippen LogP contribution is -2.36. The van der Waals surface area contributed by atoms with Crippen molar-refractivity contribution in [2.24, 2.45) is 0 Å². The summed E-state index contributed by atoms with van der Waals surface area (Å²) < 4.78 is 70.6. The van der Waals surface area contributed by atoms with Gasteiger partial charge in [-0.25, -0.2) is 26.7 Å². The molecule has 0 aliphatic heterocycles. The van der Waals surface area contributed by atoms with Gasteiger partial charge in [-0.05, 0) is 54.5 Å². The lowest BCUT2D eigenvalue weighted by atomic mass is 9.85. The number of aromatic carboxylic acids is 1. The van der Waals surface area contributed by atoms with E-state index in [0.717, 1.165) is 48.3 Å². The van der Waals surface area contributed by atoms with E-state index in [9.17, 15) is 41.8 Å². The van der Waals surface area contributed by atoms with Crippen molar-refractivity contribution < 1.29 is 41.8 Å². The van der Waals surface area contributed by atoms with E-state index in [1.807, 2.05) is 6.07 Å². The maximum atomic E-state index is 14.0. The van der Waals surface area contributed by atoms with Crippen molar-refractivity contribution in [1.82, 2.24) is 9.71 Å². The maximum Gasteiger partial charge on any atom is 0.339 e. The van der Waals surface area contributed by atoms with E-state index in [2.05, 4.69) is 9.71 Å². The summed E-state index contributed by atoms with van der Waals surface area (Å²) in [5, 5.41) is 19.4. The predicted molar refractivity (Wildman–Crippen MR) is 136 cm³/mol. The number of hydrogen-bond acceptors (Lipinski definition) is 6. The number of phenols is 1. The van der Waals surface area contributed by atoms with Crippen LogP contribution in [0.2, 0.25) is 0 Å². The number of carbonyl (C=O) groups excluding carboxylic acids is 1. The quantitative estimate of drug-likeness (QED) is 0.122. The minimum Gasteiger partial charge on any atom is -0.507 e. The molecule has 0 radical (unpaired) electrons. The summed E-state index contributed by atoms with van der Waals surface area (Å²) in [6, 6.07) is 7.11. The molecular weight excluding hydrogens is 557 g/mol. The van der Waals surface area contributed by atoms with E-state index in [-0.39, 0.29) is 24.2 Å². The van der Waals surface area contributed by atoms with Gasteiger partial charge in [-0.15, -0.1) is 0 Å². The van der Waals surface area contributed by atoms with Crippen molar-refractivity contribution in [2.75, 3.05) is 11.4 Å². The third-order valence-electron chi connectivity index (χ3n) is 6.64. The number of carbonyl (C=O) groups is 2. The Morgan fingerprint density at radius 1 is 0.950 bits per heavy atom. The van der Waals surface area contributed by atoms with E-state index in [4.69, 9.17) is 0 Å². The number of halogens is 5. The molecule has 1 aliphatic rings. The van der Waals surface area contributed by atoms with Crippen LogP contribution in [0, 0.1) is 29.1 Å². The topological polar surface area (TPSA) is 103 Å². The van der Waals surface area contributed by atoms with Crippen LogP contribution in [-0.2, 0) is 11.3 Å². The molecule has 3 N–H and O–H groups in total. The monoisotopic (exact) mass is 581 g/mol. The average molecular weight is 582 g/mol. The smallest absolute Gasteiger partial charge is 0.339 e. The van der Waals surface area contributed by atoms with Crippen molar-refractivity contribution in [2.45, 2.75) is 49.5 Å². The number of pyridine rings is 1. The largest absolute Gasteiger partial charge is 0.507 e. The van der Waals surface area contributed by atoms with Gasteiger partial charge in [0.15, 0.2) is 23.3 Å². The Morgan fingerprint density at radius 3 is 2.17 bits per heavy atom. The van der Waals surface area contributed by atoms with E-state index in [0.29, 0.717) is 11.6 Å². The summed E-state index contributed by atoms with van der Waals surface area (Å²) in [4.78, 5) is 28.8. The number of benzene rings is 2. The van der Waals surface area contributed by atoms with E-state index in [1.54, 1.807) is 12.3 Å². The lowest BCUT2D eigenvalue weighted by molar-refractivity contribution is -0.117. The molecule has 212 valence electrons. The zero-order valence-electron chi connectivity index (χ0n) is 20.9. The van der Waals surface area contributed by atoms with E-state index >= 15 is 0 Å². The minimum absolute atomic E-state index is 0.0483. The number of aromatic hydroxyl groups is 1. The van der Waals surface area contributed by atoms with Crippen LogP contribution in [0.15, 0.2) is 41.4 Å². The molecule has 1 saturated carbocycles. The molecule has 1 heterocycles. The number of anilines is 1. The number of carboxylic acid groups (broad SMARTS) is 1. The van der Waals surface area contributed by atoms with Crippen LogP contribution in [0.4, 0.5) is 27.6 Å². The number of rotatable bonds is 9. The molecule has 0 unspecified atom stereocenters. The second-order valence-corrected chi connectivity index (χ2v) is 10.1. The third kappa shape index (κ3) is 6.36. The highest BCUT2D eigenvalue weighted by molar-refractivity contribution is 7.97. The first-order valence-corrected chi connectivity index (χ1v) is 13.1. The number of aromatic nitrogens is 1. The first kappa shape index (κ1) is 29.3. The van der Waals surface area contributed by atoms with Crippen molar-refractivity contribution in [3.63, 3.8) is 0 Å². The Hall–Kier alpha value is -3.71. The minimum atomic E-state index is -2.30. The van der Waals surface area contributed by atoms with Crippen LogP contribution >= 0.6 is 11.9 Å². The summed E-state index contributed by atoms with van der Waals surface area (Å²) in [5.74, 6) is -12.9. The molecule has 1 amide bonds. The van der Waals surface area contributed by atoms with Gasteiger partial charge in [-0.1, -0.05) is 25.3 Å². The van der Waals surface area contributed by atoms with Crippen molar-refractivity contribution in [1.29, 1.82) is 0 Å². The Bertz CT molecular complexity index is 1390. The molecule has 3 aromatic rings. The fourth-order valence-electron chi connectivity index (χ4n) is 4.50. The van der Waals surface area contributed by atoms with Crippen LogP contribution in [0.1, 0.15) is 59.6 Å². The van der Waals surface area contributed by atoms with E-state index in [1.165, 1.54) is 12.5 Å². The molecule has 0 spiro atoms. The molecule has 2 aromatic carbocycles. The molecule has 4 rings (SSSR count). The second kappa shape index (κ2) is 12.6. The second-order valence-electron chi connectivity index (χ2n) is 9.23. The van der Waals surface area contributed by atoms with Gasteiger partial charge in [-0.3, -0.25) is 14.5 Å². The third-order valence-corrected chi connectivity index (χ3v) is 7.49. The van der Waals surface area contributed by atoms with E-state index < -0.39 is 63.7 Å². The number of nitrogens with one attached hydrogen (secondary N) is 1. The van der Waals surface area contributed by atoms with Gasteiger partial charge in [-0.2, -0.15) is 0 Å². The van der Waals surface area contributed by atoms with Gasteiger partial charge in [0.1, 0.15) is 16.2 Å². The summed E-state index contributed by atoms with van der Waals surface area (Å²) in [5.41, 5.74) is 1.23. The van der Waals surface area contributed by atoms with Crippen LogP contribution < -0.4 is 9.62 Å². The molecule has 1 aliphatic carbocycles. The summed E-state index contributed by atoms with van der Waals surface area (Å²) in [6.45, 7) is -0.754. The fourth-order valence-corrected chi connectivity index (χ4v) is 5.20. The summed E-state index contributed by atoms with van der Waals surface area (Å²) in [6.07, 6.45) is 7.33. The highest BCUT2D eigenvalue weighted by Gasteiger charge is 2.27. The first-order chi connectivity index (χ1) is 19.1. The summed E-state index contributed by atoms with van der Waals surface area (Å²) >= 11 is 0.0483. The molecule has 1 aromatic heterocycles. The van der Waals surface area contributed by atoms with Crippen LogP contribution in [0.25, 0.3) is 0 Å². The van der Waals surface area contributed by atoms with Gasteiger partial charge in [0.25, 0.3) is 0 Å². The van der Waals surface area contributed by atoms with Gasteiger partial charge < -0.3 is 15.1 Å². The molecule has 13 heteroatoms. The van der Waals surface area contributed by atoms with Crippen LogP contribution in [0.5, 0.6) is 5.75 Å². The lowest BCUT2D eigenvalue weighted by Gasteiger charge is -2.24. The number of nitrogens with zero attached hydrogens (tertiary/aromatic N) is 2. The van der Waals surface area contributed by atoms with Gasteiger partial charge in [0, 0.05) is 18.0 Å². The molecular formula is C27H24F5N3O4S. The molecule has 0 bridgehead atoms. The number of carboxylic acids is 1. The molecule has 40 heavy (non-hydrogen) atoms. The number of amides is 1. The van der Waals surface area contributed by atoms with Crippen LogP contribution in [0.3, 0.4) is 0 Å². The Morgan fingerprint density at radius 2 is 1.60 bits per heavy atom. The van der Waals surface area contributed by atoms with Crippen molar-refractivity contribution in [3.8, 4) is 5.75 Å². The Labute approximate surface area is 230 Å². The molecule has 0 saturated heterocycles. The number of hydrogen-bond donors (Lipinski definition) is 3. The predicted octanol–water partition coefficient (Wildman–Crippen LogP) is 6.06. The average Bonchev–Trinajstić information content (AvgIpc) is 2.96. The zero-order chi connectivity index (χ0) is 29.0.